The zero-order valence-corrected chi connectivity index (χ0v) is 25.1. The first kappa shape index (κ1) is 34.3. The van der Waals surface area contributed by atoms with Crippen LogP contribution in [0.25, 0.3) is 28.1 Å². The molecular weight excluding hydrogens is 555 g/mol. The van der Waals surface area contributed by atoms with Gasteiger partial charge in [-0.2, -0.15) is 18.3 Å². The van der Waals surface area contributed by atoms with E-state index in [0.29, 0.717) is 11.1 Å². The predicted octanol–water partition coefficient (Wildman–Crippen LogP) is 8.53. The molecule has 5 rings (SSSR count). The summed E-state index contributed by atoms with van der Waals surface area (Å²) in [5.74, 6) is -0.256. The molecule has 0 saturated carbocycles. The van der Waals surface area contributed by atoms with Gasteiger partial charge in [0.2, 0.25) is 0 Å². The van der Waals surface area contributed by atoms with Gasteiger partial charge in [0.15, 0.2) is 0 Å². The van der Waals surface area contributed by atoms with Gasteiger partial charge in [0.1, 0.15) is 17.8 Å². The molecule has 8 nitrogen and oxygen atoms in total. The number of aromatic nitrogens is 6. The van der Waals surface area contributed by atoms with E-state index < -0.39 is 17.8 Å². The highest BCUT2D eigenvalue weighted by Gasteiger charge is 2.36. The van der Waals surface area contributed by atoms with Gasteiger partial charge in [0, 0.05) is 41.5 Å². The lowest BCUT2D eigenvalue weighted by molar-refractivity contribution is -0.142. The van der Waals surface area contributed by atoms with Crippen molar-refractivity contribution in [3.63, 3.8) is 0 Å². The van der Waals surface area contributed by atoms with Gasteiger partial charge in [-0.15, -0.1) is 0 Å². The smallest absolute Gasteiger partial charge is 0.307 e. The van der Waals surface area contributed by atoms with E-state index >= 15 is 0 Å². The van der Waals surface area contributed by atoms with E-state index in [1.165, 1.54) is 43.5 Å². The first-order valence-electron chi connectivity index (χ1n) is 14.0. The summed E-state index contributed by atoms with van der Waals surface area (Å²) < 4.78 is 41.9. The molecule has 0 spiro atoms. The summed E-state index contributed by atoms with van der Waals surface area (Å²) in [5.41, 5.74) is 1.58. The molecule has 0 aliphatic rings. The number of nitrogens with one attached hydrogen (secondary N) is 1. The number of benzene rings is 1. The van der Waals surface area contributed by atoms with Gasteiger partial charge in [-0.1, -0.05) is 60.1 Å². The Morgan fingerprint density at radius 2 is 1.47 bits per heavy atom. The summed E-state index contributed by atoms with van der Waals surface area (Å²) in [6, 6.07) is 13.9. The second kappa shape index (κ2) is 17.1. The molecule has 0 atom stereocenters. The molecule has 0 aliphatic heterocycles. The number of rotatable bonds is 5. The van der Waals surface area contributed by atoms with Crippen LogP contribution in [0.3, 0.4) is 0 Å². The van der Waals surface area contributed by atoms with Gasteiger partial charge < -0.3 is 5.32 Å². The Hall–Kier alpha value is -4.93. The number of halogens is 3. The fraction of sp³-hybridized carbons (Fsp3) is 0.250. The van der Waals surface area contributed by atoms with E-state index in [9.17, 15) is 18.0 Å². The molecule has 0 saturated heterocycles. The molecule has 1 aromatic carbocycles. The third kappa shape index (κ3) is 9.56. The molecule has 0 fully saturated rings. The number of nitrogens with zero attached hydrogens (tertiary/aromatic N) is 6. The summed E-state index contributed by atoms with van der Waals surface area (Å²) in [4.78, 5) is 28.7. The number of hydrogen-bond acceptors (Lipinski definition) is 6. The average molecular weight is 592 g/mol. The predicted molar refractivity (Wildman–Crippen MR) is 164 cm³/mol. The maximum absolute atomic E-state index is 13.7. The molecule has 4 heterocycles. The van der Waals surface area contributed by atoms with Crippen LogP contribution in [0, 0.1) is 0 Å². The van der Waals surface area contributed by atoms with Crippen LogP contribution in [-0.2, 0) is 6.18 Å². The Balaban J connectivity index is 0.000000853. The third-order valence-corrected chi connectivity index (χ3v) is 5.21. The first-order valence-corrected chi connectivity index (χ1v) is 14.0. The Labute approximate surface area is 250 Å². The molecule has 4 aromatic heterocycles. The van der Waals surface area contributed by atoms with Crippen molar-refractivity contribution < 1.29 is 18.0 Å². The second-order valence-electron chi connectivity index (χ2n) is 8.34. The van der Waals surface area contributed by atoms with E-state index in [2.05, 4.69) is 44.2 Å². The monoisotopic (exact) mass is 591 g/mol. The van der Waals surface area contributed by atoms with Gasteiger partial charge in [0.05, 0.1) is 17.6 Å². The summed E-state index contributed by atoms with van der Waals surface area (Å²) in [5, 5.41) is 6.76. The average Bonchev–Trinajstić information content (AvgIpc) is 3.51. The fourth-order valence-corrected chi connectivity index (χ4v) is 3.50. The Morgan fingerprint density at radius 1 is 0.814 bits per heavy atom. The van der Waals surface area contributed by atoms with Crippen LogP contribution in [-0.4, -0.2) is 35.6 Å². The van der Waals surface area contributed by atoms with Crippen LogP contribution >= 0.6 is 0 Å². The highest BCUT2D eigenvalue weighted by Crippen LogP contribution is 2.34. The second-order valence-corrected chi connectivity index (χ2v) is 8.34. The van der Waals surface area contributed by atoms with Crippen LogP contribution in [0.1, 0.15) is 64.0 Å². The van der Waals surface area contributed by atoms with E-state index in [4.69, 9.17) is 0 Å². The summed E-state index contributed by atoms with van der Waals surface area (Å²) in [7, 11) is 0. The standard InChI is InChI=1S/C25H16F3N7O.C3H8.2C2H6/c26-25(27,28)22-10-21(18-5-2-8-29-11-18)34-35(22)20-6-7-23(32-14-20)33-24(36)17-4-1-3-16(9-17)19-12-30-15-31-13-19;1-3-2;2*1-2/h1-15H,(H,32,33,36);3H2,1-2H3;2*1-2H3. The third-order valence-electron chi connectivity index (χ3n) is 5.21. The normalized spacial score (nSPS) is 10.2. The Morgan fingerprint density at radius 3 is 2.05 bits per heavy atom. The van der Waals surface area contributed by atoms with Gasteiger partial charge >= 0.3 is 6.18 Å². The lowest BCUT2D eigenvalue weighted by Crippen LogP contribution is -2.15. The van der Waals surface area contributed by atoms with E-state index in [1.54, 1.807) is 42.7 Å². The number of hydrogen-bond donors (Lipinski definition) is 1. The van der Waals surface area contributed by atoms with Crippen molar-refractivity contribution in [2.75, 3.05) is 5.32 Å². The zero-order chi connectivity index (χ0) is 31.8. The first-order chi connectivity index (χ1) is 20.8. The van der Waals surface area contributed by atoms with Crippen molar-refractivity contribution in [1.82, 2.24) is 29.7 Å². The van der Waals surface area contributed by atoms with Gasteiger partial charge in [0.25, 0.3) is 5.91 Å². The minimum atomic E-state index is -4.64. The zero-order valence-electron chi connectivity index (χ0n) is 25.1. The molecule has 0 radical (unpaired) electrons. The van der Waals surface area contributed by atoms with E-state index in [1.807, 2.05) is 33.8 Å². The van der Waals surface area contributed by atoms with Crippen molar-refractivity contribution in [3.8, 4) is 28.1 Å². The molecule has 1 amide bonds. The van der Waals surface area contributed by atoms with Crippen molar-refractivity contribution in [1.29, 1.82) is 0 Å². The molecule has 0 bridgehead atoms. The summed E-state index contributed by atoms with van der Waals surface area (Å²) in [6.07, 6.45) is 5.45. The van der Waals surface area contributed by atoms with Gasteiger partial charge in [-0.3, -0.25) is 9.78 Å². The van der Waals surface area contributed by atoms with Crippen LogP contribution in [0.15, 0.2) is 91.9 Å². The quantitative estimate of drug-likeness (QED) is 0.220. The minimum absolute atomic E-state index is 0.0848. The highest BCUT2D eigenvalue weighted by molar-refractivity contribution is 6.04. The van der Waals surface area contributed by atoms with Crippen molar-refractivity contribution >= 4 is 11.7 Å². The molecule has 1 N–H and O–H groups in total. The highest BCUT2D eigenvalue weighted by atomic mass is 19.4. The Kier molecular flexibility index (Phi) is 13.6. The molecular formula is C32H36F3N7O. The molecule has 226 valence electrons. The van der Waals surface area contributed by atoms with Crippen molar-refractivity contribution in [2.45, 2.75) is 54.1 Å². The van der Waals surface area contributed by atoms with Gasteiger partial charge in [-0.05, 0) is 48.0 Å². The summed E-state index contributed by atoms with van der Waals surface area (Å²) in [6.45, 7) is 12.2. The fourth-order valence-electron chi connectivity index (χ4n) is 3.50. The molecule has 43 heavy (non-hydrogen) atoms. The summed E-state index contributed by atoms with van der Waals surface area (Å²) >= 11 is 0. The van der Waals surface area contributed by atoms with E-state index in [-0.39, 0.29) is 17.2 Å². The van der Waals surface area contributed by atoms with Gasteiger partial charge in [-0.25, -0.2) is 19.6 Å². The van der Waals surface area contributed by atoms with Crippen LogP contribution < -0.4 is 5.32 Å². The maximum atomic E-state index is 13.7. The van der Waals surface area contributed by atoms with Crippen molar-refractivity contribution in [2.24, 2.45) is 0 Å². The number of carbonyl (C=O) groups is 1. The number of carbonyl (C=O) groups excluding carboxylic acids is 1. The SMILES string of the molecule is CC.CC.CCC.O=C(Nc1ccc(-n2nc(-c3cccnc3)cc2C(F)(F)F)cn1)c1cccc(-c2cncnc2)c1. The van der Waals surface area contributed by atoms with E-state index in [0.717, 1.165) is 21.9 Å². The lowest BCUT2D eigenvalue weighted by Gasteiger charge is -2.11. The molecule has 0 unspecified atom stereocenters. The van der Waals surface area contributed by atoms with Crippen LogP contribution in [0.4, 0.5) is 19.0 Å². The number of amides is 1. The topological polar surface area (TPSA) is 98.5 Å². The minimum Gasteiger partial charge on any atom is -0.307 e. The molecule has 0 aliphatic carbocycles. The lowest BCUT2D eigenvalue weighted by atomic mass is 10.1. The van der Waals surface area contributed by atoms with Crippen LogP contribution in [0.5, 0.6) is 0 Å². The van der Waals surface area contributed by atoms with Crippen molar-refractivity contribution in [3.05, 3.63) is 103 Å². The number of anilines is 1. The number of alkyl halides is 3. The number of pyridine rings is 2. The van der Waals surface area contributed by atoms with Crippen LogP contribution in [0.2, 0.25) is 0 Å². The largest absolute Gasteiger partial charge is 0.433 e. The molecule has 11 heteroatoms. The molecule has 5 aromatic rings. The Bertz CT molecular complexity index is 1520. The maximum Gasteiger partial charge on any atom is 0.433 e.